The quantitative estimate of drug-likeness (QED) is 0.843. The maximum Gasteiger partial charge on any atom is 0.146 e. The molecule has 0 bridgehead atoms. The first-order chi connectivity index (χ1) is 9.76. The number of aromatic nitrogens is 2. The summed E-state index contributed by atoms with van der Waals surface area (Å²) in [4.78, 5) is 4.35. The van der Waals surface area contributed by atoms with E-state index >= 15 is 0 Å². The van der Waals surface area contributed by atoms with Crippen molar-refractivity contribution in [2.24, 2.45) is 0 Å². The number of nitrogens with zero attached hydrogens (tertiary/aromatic N) is 2. The van der Waals surface area contributed by atoms with Gasteiger partial charge in [-0.1, -0.05) is 25.1 Å². The molecule has 1 aromatic heterocycles. The number of aryl methyl sites for hydroxylation is 2. The maximum absolute atomic E-state index is 6.03. The number of ether oxygens (including phenoxy) is 1. The van der Waals surface area contributed by atoms with E-state index in [1.165, 1.54) is 5.56 Å². The van der Waals surface area contributed by atoms with Crippen LogP contribution in [0.25, 0.3) is 0 Å². The van der Waals surface area contributed by atoms with E-state index in [9.17, 15) is 0 Å². The van der Waals surface area contributed by atoms with Crippen LogP contribution < -0.4 is 10.1 Å². The van der Waals surface area contributed by atoms with E-state index in [0.29, 0.717) is 6.61 Å². The Hall–Kier alpha value is -1.81. The highest BCUT2D eigenvalue weighted by atomic mass is 16.5. The van der Waals surface area contributed by atoms with Gasteiger partial charge in [0.25, 0.3) is 0 Å². The minimum Gasteiger partial charge on any atom is -0.485 e. The summed E-state index contributed by atoms with van der Waals surface area (Å²) in [5, 5.41) is 3.35. The van der Waals surface area contributed by atoms with Gasteiger partial charge >= 0.3 is 0 Å². The van der Waals surface area contributed by atoms with Crippen LogP contribution >= 0.6 is 0 Å². The van der Waals surface area contributed by atoms with E-state index in [0.717, 1.165) is 36.8 Å². The molecule has 0 unspecified atom stereocenters. The van der Waals surface area contributed by atoms with E-state index in [4.69, 9.17) is 4.74 Å². The number of benzene rings is 1. The van der Waals surface area contributed by atoms with Crippen molar-refractivity contribution in [1.29, 1.82) is 0 Å². The van der Waals surface area contributed by atoms with E-state index in [1.807, 2.05) is 12.4 Å². The number of nitrogens with one attached hydrogen (secondary N) is 1. The third kappa shape index (κ3) is 3.39. The summed E-state index contributed by atoms with van der Waals surface area (Å²) >= 11 is 0. The molecule has 0 aliphatic rings. The first-order valence-corrected chi connectivity index (χ1v) is 7.18. The fraction of sp³-hybridized carbons (Fsp3) is 0.438. The maximum atomic E-state index is 6.03. The zero-order valence-electron chi connectivity index (χ0n) is 12.5. The summed E-state index contributed by atoms with van der Waals surface area (Å²) in [6.45, 7) is 9.49. The Morgan fingerprint density at radius 3 is 2.90 bits per heavy atom. The van der Waals surface area contributed by atoms with Crippen molar-refractivity contribution >= 4 is 0 Å². The molecular weight excluding hydrogens is 250 g/mol. The molecule has 1 aromatic carbocycles. The molecule has 1 N–H and O–H groups in total. The minimum absolute atomic E-state index is 0.505. The number of para-hydroxylation sites is 1. The van der Waals surface area contributed by atoms with Gasteiger partial charge in [-0.3, -0.25) is 0 Å². The van der Waals surface area contributed by atoms with Crippen LogP contribution in [0.4, 0.5) is 0 Å². The fourth-order valence-corrected chi connectivity index (χ4v) is 2.22. The Balaban J connectivity index is 2.12. The van der Waals surface area contributed by atoms with Gasteiger partial charge in [0.15, 0.2) is 0 Å². The molecule has 0 amide bonds. The molecule has 0 fully saturated rings. The molecule has 4 heteroatoms. The normalized spacial score (nSPS) is 10.8. The lowest BCUT2D eigenvalue weighted by Crippen LogP contribution is -2.14. The highest BCUT2D eigenvalue weighted by Crippen LogP contribution is 2.24. The van der Waals surface area contributed by atoms with Gasteiger partial charge in [-0.05, 0) is 26.0 Å². The summed E-state index contributed by atoms with van der Waals surface area (Å²) < 4.78 is 8.13. The van der Waals surface area contributed by atoms with Crippen LogP contribution in [-0.4, -0.2) is 16.1 Å². The lowest BCUT2D eigenvalue weighted by molar-refractivity contribution is 0.284. The van der Waals surface area contributed by atoms with Gasteiger partial charge in [0.05, 0.1) is 0 Å². The van der Waals surface area contributed by atoms with Gasteiger partial charge in [0.1, 0.15) is 18.2 Å². The largest absolute Gasteiger partial charge is 0.485 e. The number of rotatable bonds is 7. The molecule has 0 aliphatic heterocycles. The molecule has 0 spiro atoms. The van der Waals surface area contributed by atoms with Crippen molar-refractivity contribution < 1.29 is 4.74 Å². The van der Waals surface area contributed by atoms with Gasteiger partial charge < -0.3 is 14.6 Å². The lowest BCUT2D eigenvalue weighted by Gasteiger charge is -2.14. The van der Waals surface area contributed by atoms with Crippen molar-refractivity contribution in [2.75, 3.05) is 6.54 Å². The van der Waals surface area contributed by atoms with Crippen LogP contribution in [0.3, 0.4) is 0 Å². The molecule has 0 saturated carbocycles. The minimum atomic E-state index is 0.505. The molecule has 2 aromatic rings. The monoisotopic (exact) mass is 273 g/mol. The first kappa shape index (κ1) is 14.6. The smallest absolute Gasteiger partial charge is 0.146 e. The molecular formula is C16H23N3O. The number of hydrogen-bond acceptors (Lipinski definition) is 3. The van der Waals surface area contributed by atoms with Gasteiger partial charge in [-0.15, -0.1) is 0 Å². The Morgan fingerprint density at radius 1 is 1.30 bits per heavy atom. The second-order valence-corrected chi connectivity index (χ2v) is 4.76. The average molecular weight is 273 g/mol. The summed E-state index contributed by atoms with van der Waals surface area (Å²) in [5.74, 6) is 1.93. The van der Waals surface area contributed by atoms with E-state index in [-0.39, 0.29) is 0 Å². The zero-order valence-corrected chi connectivity index (χ0v) is 12.5. The van der Waals surface area contributed by atoms with Gasteiger partial charge in [0, 0.05) is 31.0 Å². The van der Waals surface area contributed by atoms with Crippen LogP contribution in [0.1, 0.15) is 30.8 Å². The van der Waals surface area contributed by atoms with Crippen LogP contribution in [0.5, 0.6) is 5.75 Å². The molecule has 0 radical (unpaired) electrons. The number of hydrogen-bond donors (Lipinski definition) is 1. The van der Waals surface area contributed by atoms with Crippen LogP contribution in [0.2, 0.25) is 0 Å². The molecule has 0 saturated heterocycles. The van der Waals surface area contributed by atoms with E-state index in [2.05, 4.69) is 53.8 Å². The lowest BCUT2D eigenvalue weighted by atomic mass is 10.1. The SMILES string of the molecule is CCNCc1cccc(C)c1OCc1nccn1CC. The van der Waals surface area contributed by atoms with Crippen LogP contribution in [0, 0.1) is 6.92 Å². The summed E-state index contributed by atoms with van der Waals surface area (Å²) in [6.07, 6.45) is 3.80. The molecule has 4 nitrogen and oxygen atoms in total. The molecule has 108 valence electrons. The van der Waals surface area contributed by atoms with Crippen molar-refractivity contribution in [3.63, 3.8) is 0 Å². The Labute approximate surface area is 120 Å². The van der Waals surface area contributed by atoms with E-state index in [1.54, 1.807) is 0 Å². The van der Waals surface area contributed by atoms with Crippen LogP contribution in [0.15, 0.2) is 30.6 Å². The molecule has 1 heterocycles. The predicted molar refractivity (Wildman–Crippen MR) is 80.8 cm³/mol. The van der Waals surface area contributed by atoms with Crippen molar-refractivity contribution in [1.82, 2.24) is 14.9 Å². The molecule has 0 atom stereocenters. The van der Waals surface area contributed by atoms with Crippen molar-refractivity contribution in [2.45, 2.75) is 40.5 Å². The first-order valence-electron chi connectivity index (χ1n) is 7.18. The van der Waals surface area contributed by atoms with Crippen LogP contribution in [-0.2, 0) is 19.7 Å². The predicted octanol–water partition coefficient (Wildman–Crippen LogP) is 2.90. The summed E-state index contributed by atoms with van der Waals surface area (Å²) in [6, 6.07) is 6.26. The van der Waals surface area contributed by atoms with Gasteiger partial charge in [-0.25, -0.2) is 4.98 Å². The number of imidazole rings is 1. The summed E-state index contributed by atoms with van der Waals surface area (Å²) in [5.41, 5.74) is 2.36. The Kier molecular flexibility index (Phi) is 5.18. The average Bonchev–Trinajstić information content (AvgIpc) is 2.91. The fourth-order valence-electron chi connectivity index (χ4n) is 2.22. The summed E-state index contributed by atoms with van der Waals surface area (Å²) in [7, 11) is 0. The third-order valence-electron chi connectivity index (χ3n) is 3.35. The highest BCUT2D eigenvalue weighted by Gasteiger charge is 2.09. The Morgan fingerprint density at radius 2 is 2.15 bits per heavy atom. The van der Waals surface area contributed by atoms with Gasteiger partial charge in [-0.2, -0.15) is 0 Å². The van der Waals surface area contributed by atoms with Gasteiger partial charge in [0.2, 0.25) is 0 Å². The Bertz CT molecular complexity index is 548. The van der Waals surface area contributed by atoms with Crippen molar-refractivity contribution in [3.8, 4) is 5.75 Å². The van der Waals surface area contributed by atoms with E-state index < -0.39 is 0 Å². The molecule has 2 rings (SSSR count). The second kappa shape index (κ2) is 7.10. The molecule has 20 heavy (non-hydrogen) atoms. The topological polar surface area (TPSA) is 39.1 Å². The van der Waals surface area contributed by atoms with Crippen molar-refractivity contribution in [3.05, 3.63) is 47.5 Å². The highest BCUT2D eigenvalue weighted by molar-refractivity contribution is 5.40. The zero-order chi connectivity index (χ0) is 14.4. The molecule has 0 aliphatic carbocycles. The third-order valence-corrected chi connectivity index (χ3v) is 3.35. The standard InChI is InChI=1S/C16H23N3O/c1-4-17-11-14-8-6-7-13(3)16(14)20-12-15-18-9-10-19(15)5-2/h6-10,17H,4-5,11-12H2,1-3H3. The second-order valence-electron chi connectivity index (χ2n) is 4.76.